The second-order valence-corrected chi connectivity index (χ2v) is 4.17. The number of nitrogens with zero attached hydrogens (tertiary/aromatic N) is 1. The molecule has 2 aromatic rings. The Bertz CT molecular complexity index is 654. The molecule has 2 N–H and O–H groups in total. The zero-order valence-corrected chi connectivity index (χ0v) is 10.6. The molecule has 19 heavy (non-hydrogen) atoms. The Morgan fingerprint density at radius 2 is 1.84 bits per heavy atom. The van der Waals surface area contributed by atoms with Crippen LogP contribution in [0, 0.1) is 18.3 Å². The smallest absolute Gasteiger partial charge is 0.122 e. The summed E-state index contributed by atoms with van der Waals surface area (Å²) in [4.78, 5) is 0. The molecule has 94 valence electrons. The van der Waals surface area contributed by atoms with Gasteiger partial charge in [-0.15, -0.1) is 0 Å². The van der Waals surface area contributed by atoms with Crippen LogP contribution in [0.5, 0.6) is 5.75 Å². The van der Waals surface area contributed by atoms with Crippen LogP contribution < -0.4 is 5.32 Å². The van der Waals surface area contributed by atoms with E-state index < -0.39 is 0 Å². The highest BCUT2D eigenvalue weighted by Crippen LogP contribution is 2.21. The number of nitriles is 1. The zero-order valence-electron chi connectivity index (χ0n) is 10.6. The van der Waals surface area contributed by atoms with Crippen molar-refractivity contribution in [1.82, 2.24) is 0 Å². The molecule has 0 radical (unpaired) electrons. The van der Waals surface area contributed by atoms with Gasteiger partial charge in [0.05, 0.1) is 0 Å². The molecule has 0 saturated heterocycles. The van der Waals surface area contributed by atoms with Gasteiger partial charge >= 0.3 is 0 Å². The van der Waals surface area contributed by atoms with Gasteiger partial charge in [0.1, 0.15) is 17.5 Å². The van der Waals surface area contributed by atoms with Gasteiger partial charge in [-0.3, -0.25) is 0 Å². The Balaban J connectivity index is 2.30. The Morgan fingerprint density at radius 1 is 1.16 bits per heavy atom. The lowest BCUT2D eigenvalue weighted by Crippen LogP contribution is -1.98. The normalized spacial score (nSPS) is 10.8. The third-order valence-corrected chi connectivity index (χ3v) is 2.77. The molecule has 0 aromatic heterocycles. The third kappa shape index (κ3) is 3.14. The highest BCUT2D eigenvalue weighted by molar-refractivity contribution is 5.68. The molecule has 3 heteroatoms. The first-order valence-electron chi connectivity index (χ1n) is 5.93. The van der Waals surface area contributed by atoms with Crippen molar-refractivity contribution in [3.63, 3.8) is 0 Å². The number of aromatic hydroxyl groups is 1. The molecule has 0 fully saturated rings. The number of nitrogens with one attached hydrogen (secondary N) is 1. The van der Waals surface area contributed by atoms with Crippen molar-refractivity contribution in [3.8, 4) is 11.8 Å². The third-order valence-electron chi connectivity index (χ3n) is 2.77. The van der Waals surface area contributed by atoms with E-state index in [0.29, 0.717) is 11.3 Å². The fourth-order valence-electron chi connectivity index (χ4n) is 1.72. The van der Waals surface area contributed by atoms with Crippen molar-refractivity contribution < 1.29 is 5.11 Å². The lowest BCUT2D eigenvalue weighted by molar-refractivity contribution is 0.474. The molecule has 0 aliphatic carbocycles. The van der Waals surface area contributed by atoms with Crippen LogP contribution in [0.1, 0.15) is 11.1 Å². The number of anilines is 1. The Morgan fingerprint density at radius 3 is 2.53 bits per heavy atom. The van der Waals surface area contributed by atoms with E-state index >= 15 is 0 Å². The van der Waals surface area contributed by atoms with E-state index in [9.17, 15) is 5.11 Å². The maximum atomic E-state index is 9.69. The summed E-state index contributed by atoms with van der Waals surface area (Å²) in [6, 6.07) is 16.7. The van der Waals surface area contributed by atoms with E-state index in [0.717, 1.165) is 11.3 Å². The second kappa shape index (κ2) is 5.74. The van der Waals surface area contributed by atoms with E-state index in [1.54, 1.807) is 24.3 Å². The first-order valence-corrected chi connectivity index (χ1v) is 5.93. The average molecular weight is 250 g/mol. The van der Waals surface area contributed by atoms with Crippen LogP contribution >= 0.6 is 0 Å². The largest absolute Gasteiger partial charge is 0.507 e. The molecule has 2 rings (SSSR count). The van der Waals surface area contributed by atoms with Crippen LogP contribution in [-0.4, -0.2) is 5.11 Å². The van der Waals surface area contributed by atoms with Crippen molar-refractivity contribution in [1.29, 1.82) is 5.26 Å². The molecular formula is C16H14N2O. The van der Waals surface area contributed by atoms with Crippen molar-refractivity contribution in [2.24, 2.45) is 0 Å². The Hall–Kier alpha value is -2.73. The number of benzene rings is 2. The van der Waals surface area contributed by atoms with Crippen LogP contribution in [0.25, 0.3) is 6.08 Å². The van der Waals surface area contributed by atoms with Gasteiger partial charge < -0.3 is 10.4 Å². The highest BCUT2D eigenvalue weighted by atomic mass is 16.3. The Labute approximate surface area is 112 Å². The van der Waals surface area contributed by atoms with Crippen LogP contribution in [-0.2, 0) is 0 Å². The van der Waals surface area contributed by atoms with Gasteiger partial charge in [-0.2, -0.15) is 5.26 Å². The lowest BCUT2D eigenvalue weighted by atomic mass is 10.1. The van der Waals surface area contributed by atoms with Gasteiger partial charge in [-0.1, -0.05) is 36.4 Å². The molecular weight excluding hydrogens is 236 g/mol. The van der Waals surface area contributed by atoms with Crippen LogP contribution in [0.3, 0.4) is 0 Å². The van der Waals surface area contributed by atoms with Crippen LogP contribution in [0.2, 0.25) is 0 Å². The van der Waals surface area contributed by atoms with E-state index in [-0.39, 0.29) is 5.75 Å². The molecule has 0 saturated carbocycles. The summed E-state index contributed by atoms with van der Waals surface area (Å²) >= 11 is 0. The van der Waals surface area contributed by atoms with Crippen molar-refractivity contribution in [2.75, 3.05) is 5.32 Å². The molecule has 2 aromatic carbocycles. The number of phenolic OH excluding ortho intramolecular Hbond substituents is 1. The fraction of sp³-hybridized carbons (Fsp3) is 0.0625. The Kier molecular flexibility index (Phi) is 3.84. The minimum absolute atomic E-state index is 0.154. The van der Waals surface area contributed by atoms with E-state index in [4.69, 9.17) is 5.26 Å². The number of para-hydroxylation sites is 2. The maximum absolute atomic E-state index is 9.69. The van der Waals surface area contributed by atoms with Crippen LogP contribution in [0.15, 0.2) is 54.2 Å². The molecule has 0 amide bonds. The molecule has 0 atom stereocenters. The number of phenols is 1. The maximum Gasteiger partial charge on any atom is 0.122 e. The number of allylic oxidation sites excluding steroid dienone is 1. The topological polar surface area (TPSA) is 56.0 Å². The van der Waals surface area contributed by atoms with Gasteiger partial charge in [0, 0.05) is 11.3 Å². The second-order valence-electron chi connectivity index (χ2n) is 4.17. The van der Waals surface area contributed by atoms with E-state index in [1.165, 1.54) is 0 Å². The van der Waals surface area contributed by atoms with E-state index in [1.807, 2.05) is 37.3 Å². The van der Waals surface area contributed by atoms with Crippen molar-refractivity contribution in [3.05, 3.63) is 65.4 Å². The van der Waals surface area contributed by atoms with Gasteiger partial charge in [-0.05, 0) is 30.7 Å². The first kappa shape index (κ1) is 12.7. The lowest BCUT2D eigenvalue weighted by Gasteiger charge is -2.08. The standard InChI is InChI=1S/C16H14N2O/c1-12-6-2-4-8-15(12)18-14(11-17)10-13-7-3-5-9-16(13)19/h2-10,18-19H,1H3. The molecule has 0 aliphatic rings. The van der Waals surface area contributed by atoms with E-state index in [2.05, 4.69) is 11.4 Å². The summed E-state index contributed by atoms with van der Waals surface area (Å²) in [5.74, 6) is 0.154. The SMILES string of the molecule is Cc1ccccc1NC(C#N)=Cc1ccccc1O. The average Bonchev–Trinajstić information content (AvgIpc) is 2.42. The molecule has 0 aliphatic heterocycles. The molecule has 0 bridgehead atoms. The number of rotatable bonds is 3. The minimum atomic E-state index is 0.154. The summed E-state index contributed by atoms with van der Waals surface area (Å²) < 4.78 is 0. The summed E-state index contributed by atoms with van der Waals surface area (Å²) in [5.41, 5.74) is 2.93. The quantitative estimate of drug-likeness (QED) is 0.817. The van der Waals surface area contributed by atoms with Crippen molar-refractivity contribution in [2.45, 2.75) is 6.92 Å². The minimum Gasteiger partial charge on any atom is -0.507 e. The van der Waals surface area contributed by atoms with Gasteiger partial charge in [0.25, 0.3) is 0 Å². The number of hydrogen-bond acceptors (Lipinski definition) is 3. The summed E-state index contributed by atoms with van der Waals surface area (Å²) in [6.07, 6.45) is 1.63. The highest BCUT2D eigenvalue weighted by Gasteiger charge is 2.02. The molecule has 3 nitrogen and oxygen atoms in total. The van der Waals surface area contributed by atoms with Gasteiger partial charge in [-0.25, -0.2) is 0 Å². The number of aryl methyl sites for hydroxylation is 1. The molecule has 0 spiro atoms. The van der Waals surface area contributed by atoms with Crippen molar-refractivity contribution >= 4 is 11.8 Å². The predicted molar refractivity (Wildman–Crippen MR) is 76.5 cm³/mol. The first-order chi connectivity index (χ1) is 9.20. The monoisotopic (exact) mass is 250 g/mol. The zero-order chi connectivity index (χ0) is 13.7. The molecule has 0 unspecified atom stereocenters. The summed E-state index contributed by atoms with van der Waals surface area (Å²) in [6.45, 7) is 1.97. The summed E-state index contributed by atoms with van der Waals surface area (Å²) in [5, 5.41) is 21.9. The molecule has 0 heterocycles. The predicted octanol–water partition coefficient (Wildman–Crippen LogP) is 3.68. The van der Waals surface area contributed by atoms with Crippen LogP contribution in [0.4, 0.5) is 5.69 Å². The number of hydrogen-bond donors (Lipinski definition) is 2. The summed E-state index contributed by atoms with van der Waals surface area (Å²) in [7, 11) is 0. The fourth-order valence-corrected chi connectivity index (χ4v) is 1.72. The van der Waals surface area contributed by atoms with Gasteiger partial charge in [0.2, 0.25) is 0 Å². The van der Waals surface area contributed by atoms with Gasteiger partial charge in [0.15, 0.2) is 0 Å².